The molecule has 3 amide bonds. The standard InChI is InChI=1S/C16H23IN6O8/c17-11-7-23(22-21-11)8-12(24)18-6-2-1-3-9(14(27)28)19-16(31)20-10(15(29)30)4-5-13(25)26/h7,9-10H,1-6,8H2,(H,18,24)(H,25,26)(H,27,28)(H,29,30)(H2,19,20,31)/t9-,10?/m0/s1. The fraction of sp³-hybridized carbons (Fsp3) is 0.562. The van der Waals surface area contributed by atoms with Gasteiger partial charge in [-0.05, 0) is 48.3 Å². The van der Waals surface area contributed by atoms with Crippen molar-refractivity contribution in [3.63, 3.8) is 0 Å². The van der Waals surface area contributed by atoms with Crippen LogP contribution in [-0.4, -0.2) is 78.8 Å². The largest absolute Gasteiger partial charge is 0.481 e. The third kappa shape index (κ3) is 11.1. The number of unbranched alkanes of at least 4 members (excludes halogenated alkanes) is 1. The lowest BCUT2D eigenvalue weighted by atomic mass is 10.1. The number of rotatable bonds is 14. The Bertz CT molecular complexity index is 801. The van der Waals surface area contributed by atoms with Gasteiger partial charge in [0.2, 0.25) is 5.91 Å². The van der Waals surface area contributed by atoms with Crippen LogP contribution in [0, 0.1) is 3.70 Å². The Labute approximate surface area is 189 Å². The van der Waals surface area contributed by atoms with Gasteiger partial charge in [-0.2, -0.15) is 0 Å². The van der Waals surface area contributed by atoms with Gasteiger partial charge in [-0.25, -0.2) is 19.1 Å². The zero-order chi connectivity index (χ0) is 23.4. The normalized spacial score (nSPS) is 12.4. The lowest BCUT2D eigenvalue weighted by Crippen LogP contribution is -2.51. The number of nitrogens with zero attached hydrogens (tertiary/aromatic N) is 3. The van der Waals surface area contributed by atoms with Gasteiger partial charge in [0.1, 0.15) is 22.3 Å². The molecule has 1 aromatic rings. The number of carbonyl (C=O) groups excluding carboxylic acids is 2. The number of aliphatic carboxylic acids is 3. The molecule has 0 aliphatic rings. The van der Waals surface area contributed by atoms with E-state index in [2.05, 4.69) is 26.3 Å². The molecule has 2 atom stereocenters. The fourth-order valence-corrected chi connectivity index (χ4v) is 2.82. The first-order valence-electron chi connectivity index (χ1n) is 9.15. The average Bonchev–Trinajstić information content (AvgIpc) is 3.07. The second-order valence-electron chi connectivity index (χ2n) is 6.42. The van der Waals surface area contributed by atoms with E-state index in [0.717, 1.165) is 0 Å². The molecule has 1 unspecified atom stereocenters. The van der Waals surface area contributed by atoms with Gasteiger partial charge in [0, 0.05) is 13.0 Å². The SMILES string of the molecule is O=C(O)CCC(NC(=O)N[C@@H](CCCCNC(=O)Cn1cc(I)nn1)C(=O)O)C(=O)O. The maximum atomic E-state index is 11.9. The number of carbonyl (C=O) groups is 5. The second kappa shape index (κ2) is 13.3. The van der Waals surface area contributed by atoms with Crippen LogP contribution in [0.4, 0.5) is 4.79 Å². The van der Waals surface area contributed by atoms with Crippen molar-refractivity contribution in [2.24, 2.45) is 0 Å². The Morgan fingerprint density at radius 3 is 2.13 bits per heavy atom. The predicted molar refractivity (Wildman–Crippen MR) is 111 cm³/mol. The van der Waals surface area contributed by atoms with Gasteiger partial charge in [0.05, 0.1) is 6.20 Å². The topological polar surface area (TPSA) is 213 Å². The molecule has 172 valence electrons. The van der Waals surface area contributed by atoms with Crippen LogP contribution in [0.15, 0.2) is 6.20 Å². The van der Waals surface area contributed by atoms with Crippen LogP contribution in [0.1, 0.15) is 32.1 Å². The van der Waals surface area contributed by atoms with Gasteiger partial charge in [-0.1, -0.05) is 5.21 Å². The van der Waals surface area contributed by atoms with Crippen molar-refractivity contribution < 1.29 is 39.3 Å². The van der Waals surface area contributed by atoms with Gasteiger partial charge in [-0.15, -0.1) is 5.10 Å². The number of carboxylic acids is 3. The van der Waals surface area contributed by atoms with Gasteiger partial charge in [-0.3, -0.25) is 9.59 Å². The van der Waals surface area contributed by atoms with E-state index in [0.29, 0.717) is 23.1 Å². The van der Waals surface area contributed by atoms with Crippen LogP contribution >= 0.6 is 22.6 Å². The smallest absolute Gasteiger partial charge is 0.326 e. The number of amides is 3. The van der Waals surface area contributed by atoms with Gasteiger partial charge >= 0.3 is 23.9 Å². The first-order valence-corrected chi connectivity index (χ1v) is 10.2. The minimum Gasteiger partial charge on any atom is -0.481 e. The van der Waals surface area contributed by atoms with E-state index in [4.69, 9.17) is 10.2 Å². The minimum absolute atomic E-state index is 0.00208. The van der Waals surface area contributed by atoms with E-state index < -0.39 is 42.4 Å². The first-order chi connectivity index (χ1) is 14.6. The van der Waals surface area contributed by atoms with Crippen molar-refractivity contribution in [2.75, 3.05) is 6.54 Å². The van der Waals surface area contributed by atoms with Crippen LogP contribution in [0.5, 0.6) is 0 Å². The average molecular weight is 554 g/mol. The van der Waals surface area contributed by atoms with Crippen molar-refractivity contribution in [3.8, 4) is 0 Å². The van der Waals surface area contributed by atoms with Crippen LogP contribution < -0.4 is 16.0 Å². The fourth-order valence-electron chi connectivity index (χ4n) is 2.40. The molecule has 0 aromatic carbocycles. The minimum atomic E-state index is -1.46. The van der Waals surface area contributed by atoms with Crippen molar-refractivity contribution in [1.82, 2.24) is 30.9 Å². The maximum Gasteiger partial charge on any atom is 0.326 e. The Balaban J connectivity index is 2.35. The zero-order valence-electron chi connectivity index (χ0n) is 16.3. The summed E-state index contributed by atoms with van der Waals surface area (Å²) in [4.78, 5) is 56.6. The van der Waals surface area contributed by atoms with Gasteiger partial charge in [0.25, 0.3) is 0 Å². The van der Waals surface area contributed by atoms with E-state index in [-0.39, 0.29) is 25.3 Å². The highest BCUT2D eigenvalue weighted by Crippen LogP contribution is 2.03. The van der Waals surface area contributed by atoms with E-state index >= 15 is 0 Å². The molecule has 0 saturated carbocycles. The zero-order valence-corrected chi connectivity index (χ0v) is 18.4. The molecule has 0 bridgehead atoms. The van der Waals surface area contributed by atoms with Crippen molar-refractivity contribution in [2.45, 2.75) is 50.7 Å². The summed E-state index contributed by atoms with van der Waals surface area (Å²) in [6.45, 7) is 0.293. The molecule has 0 saturated heterocycles. The Morgan fingerprint density at radius 2 is 1.61 bits per heavy atom. The molecule has 1 aromatic heterocycles. The number of carboxylic acid groups (broad SMARTS) is 3. The summed E-state index contributed by atoms with van der Waals surface area (Å²) in [6, 6.07) is -3.77. The lowest BCUT2D eigenvalue weighted by molar-refractivity contribution is -0.140. The highest BCUT2D eigenvalue weighted by molar-refractivity contribution is 14.1. The van der Waals surface area contributed by atoms with Crippen LogP contribution in [-0.2, 0) is 25.7 Å². The molecule has 31 heavy (non-hydrogen) atoms. The monoisotopic (exact) mass is 554 g/mol. The van der Waals surface area contributed by atoms with Crippen LogP contribution in [0.3, 0.4) is 0 Å². The molecule has 15 heteroatoms. The number of hydrogen-bond acceptors (Lipinski definition) is 7. The molecular weight excluding hydrogens is 531 g/mol. The Kier molecular flexibility index (Phi) is 11.2. The van der Waals surface area contributed by atoms with E-state index in [1.165, 1.54) is 4.68 Å². The predicted octanol–water partition coefficient (Wildman–Crippen LogP) is -0.760. The first kappa shape index (κ1) is 26.1. The van der Waals surface area contributed by atoms with Crippen molar-refractivity contribution in [1.29, 1.82) is 0 Å². The number of halogens is 1. The highest BCUT2D eigenvalue weighted by Gasteiger charge is 2.24. The quantitative estimate of drug-likeness (QED) is 0.125. The molecular formula is C16H23IN6O8. The number of nitrogens with one attached hydrogen (secondary N) is 3. The Morgan fingerprint density at radius 1 is 1.00 bits per heavy atom. The van der Waals surface area contributed by atoms with E-state index in [1.54, 1.807) is 6.20 Å². The summed E-state index contributed by atoms with van der Waals surface area (Å²) < 4.78 is 2.03. The molecule has 0 radical (unpaired) electrons. The molecule has 0 aliphatic heterocycles. The molecule has 1 heterocycles. The van der Waals surface area contributed by atoms with Gasteiger partial charge in [0.15, 0.2) is 0 Å². The van der Waals surface area contributed by atoms with Crippen molar-refractivity contribution in [3.05, 3.63) is 9.90 Å². The summed E-state index contributed by atoms with van der Waals surface area (Å²) in [5, 5.41) is 41.2. The summed E-state index contributed by atoms with van der Waals surface area (Å²) in [5.74, 6) is -4.24. The summed E-state index contributed by atoms with van der Waals surface area (Å²) in [6.07, 6.45) is 1.65. The molecule has 6 N–H and O–H groups in total. The molecule has 0 spiro atoms. The van der Waals surface area contributed by atoms with Crippen LogP contribution in [0.25, 0.3) is 0 Å². The van der Waals surface area contributed by atoms with Gasteiger partial charge < -0.3 is 31.3 Å². The summed E-state index contributed by atoms with van der Waals surface area (Å²) in [5.41, 5.74) is 0. The number of aromatic nitrogens is 3. The Hall–Kier alpha value is -2.98. The second-order valence-corrected chi connectivity index (χ2v) is 7.52. The third-order valence-corrected chi connectivity index (χ3v) is 4.41. The summed E-state index contributed by atoms with van der Waals surface area (Å²) >= 11 is 1.96. The van der Waals surface area contributed by atoms with E-state index in [9.17, 15) is 29.1 Å². The highest BCUT2D eigenvalue weighted by atomic mass is 127. The maximum absolute atomic E-state index is 11.9. The molecule has 0 aliphatic carbocycles. The van der Waals surface area contributed by atoms with Crippen molar-refractivity contribution >= 4 is 52.4 Å². The number of hydrogen-bond donors (Lipinski definition) is 6. The summed E-state index contributed by atoms with van der Waals surface area (Å²) in [7, 11) is 0. The molecule has 0 fully saturated rings. The van der Waals surface area contributed by atoms with Crippen LogP contribution in [0.2, 0.25) is 0 Å². The van der Waals surface area contributed by atoms with E-state index in [1.807, 2.05) is 22.6 Å². The third-order valence-electron chi connectivity index (χ3n) is 3.91. The molecule has 1 rings (SSSR count). The number of urea groups is 1. The lowest BCUT2D eigenvalue weighted by Gasteiger charge is -2.18. The molecule has 14 nitrogen and oxygen atoms in total.